The second kappa shape index (κ2) is 6.29. The number of carbonyl (C=O) groups is 2. The molecule has 0 fully saturated rings. The van der Waals surface area contributed by atoms with E-state index in [4.69, 9.17) is 0 Å². The zero-order chi connectivity index (χ0) is 17.2. The first kappa shape index (κ1) is 15.2. The Kier molecular flexibility index (Phi) is 3.82. The van der Waals surface area contributed by atoms with Crippen LogP contribution in [0.3, 0.4) is 0 Å². The minimum Gasteiger partial charge on any atom is -0.293 e. The van der Waals surface area contributed by atoms with Gasteiger partial charge in [0.05, 0.1) is 11.6 Å². The number of hydrogen-bond donors (Lipinski definition) is 0. The Morgan fingerprint density at radius 2 is 1.20 bits per heavy atom. The summed E-state index contributed by atoms with van der Waals surface area (Å²) in [5.74, 6) is -0.951. The quantitative estimate of drug-likeness (QED) is 0.690. The minimum atomic E-state index is -0.677. The SMILES string of the molecule is O=C1C(=Nc2ccccc2)C(c2ccccc2)C(=O)c2ccccc21. The largest absolute Gasteiger partial charge is 0.293 e. The monoisotopic (exact) mass is 325 g/mol. The molecule has 0 saturated heterocycles. The van der Waals surface area contributed by atoms with E-state index in [2.05, 4.69) is 4.99 Å². The Morgan fingerprint density at radius 1 is 0.640 bits per heavy atom. The zero-order valence-corrected chi connectivity index (χ0v) is 13.4. The maximum Gasteiger partial charge on any atom is 0.209 e. The highest BCUT2D eigenvalue weighted by Gasteiger charge is 2.39. The summed E-state index contributed by atoms with van der Waals surface area (Å²) in [6.45, 7) is 0. The zero-order valence-electron chi connectivity index (χ0n) is 13.4. The van der Waals surface area contributed by atoms with Crippen LogP contribution in [0.1, 0.15) is 32.2 Å². The third-order valence-electron chi connectivity index (χ3n) is 4.34. The van der Waals surface area contributed by atoms with Crippen LogP contribution in [-0.2, 0) is 0 Å². The summed E-state index contributed by atoms with van der Waals surface area (Å²) in [7, 11) is 0. The minimum absolute atomic E-state index is 0.0870. The highest BCUT2D eigenvalue weighted by molar-refractivity contribution is 6.55. The molecule has 120 valence electrons. The van der Waals surface area contributed by atoms with E-state index in [1.807, 2.05) is 60.7 Å². The fraction of sp³-hybridized carbons (Fsp3) is 0.0455. The van der Waals surface area contributed by atoms with E-state index < -0.39 is 5.92 Å². The number of para-hydroxylation sites is 1. The normalized spacial score (nSPS) is 18.2. The number of hydrogen-bond acceptors (Lipinski definition) is 3. The molecule has 1 unspecified atom stereocenters. The lowest BCUT2D eigenvalue weighted by Gasteiger charge is -2.24. The first-order valence-corrected chi connectivity index (χ1v) is 8.12. The molecular formula is C22H15NO2. The van der Waals surface area contributed by atoms with Crippen molar-refractivity contribution in [2.75, 3.05) is 0 Å². The molecule has 0 radical (unpaired) electrons. The molecule has 3 nitrogen and oxygen atoms in total. The number of ketones is 2. The average molecular weight is 325 g/mol. The fourth-order valence-electron chi connectivity index (χ4n) is 3.16. The van der Waals surface area contributed by atoms with E-state index in [0.29, 0.717) is 16.8 Å². The van der Waals surface area contributed by atoms with Gasteiger partial charge in [0.1, 0.15) is 5.71 Å². The van der Waals surface area contributed by atoms with E-state index in [1.54, 1.807) is 24.3 Å². The van der Waals surface area contributed by atoms with Crippen LogP contribution in [0.5, 0.6) is 0 Å². The van der Waals surface area contributed by atoms with Crippen molar-refractivity contribution in [3.63, 3.8) is 0 Å². The number of rotatable bonds is 2. The molecular weight excluding hydrogens is 310 g/mol. The third-order valence-corrected chi connectivity index (χ3v) is 4.34. The van der Waals surface area contributed by atoms with Crippen molar-refractivity contribution in [1.29, 1.82) is 0 Å². The molecule has 25 heavy (non-hydrogen) atoms. The third kappa shape index (κ3) is 2.70. The Balaban J connectivity index is 1.94. The Hall–Kier alpha value is -3.33. The van der Waals surface area contributed by atoms with Gasteiger partial charge in [-0.3, -0.25) is 9.59 Å². The topological polar surface area (TPSA) is 46.5 Å². The summed E-state index contributed by atoms with van der Waals surface area (Å²) in [6, 6.07) is 25.6. The molecule has 0 aliphatic heterocycles. The molecule has 3 aromatic rings. The molecule has 4 rings (SSSR count). The molecule has 0 spiro atoms. The van der Waals surface area contributed by atoms with E-state index >= 15 is 0 Å². The van der Waals surface area contributed by atoms with Crippen molar-refractivity contribution in [3.05, 3.63) is 102 Å². The summed E-state index contributed by atoms with van der Waals surface area (Å²) < 4.78 is 0. The van der Waals surface area contributed by atoms with Gasteiger partial charge in [-0.2, -0.15) is 0 Å². The van der Waals surface area contributed by atoms with Crippen LogP contribution < -0.4 is 0 Å². The van der Waals surface area contributed by atoms with Crippen LogP contribution in [0.4, 0.5) is 5.69 Å². The molecule has 0 aromatic heterocycles. The van der Waals surface area contributed by atoms with Gasteiger partial charge in [0.25, 0.3) is 0 Å². The van der Waals surface area contributed by atoms with Crippen molar-refractivity contribution in [2.24, 2.45) is 4.99 Å². The molecule has 1 aliphatic carbocycles. The lowest BCUT2D eigenvalue weighted by atomic mass is 9.77. The molecule has 0 N–H and O–H groups in total. The maximum atomic E-state index is 13.1. The van der Waals surface area contributed by atoms with Crippen LogP contribution in [0.25, 0.3) is 0 Å². The molecule has 1 atom stereocenters. The smallest absolute Gasteiger partial charge is 0.209 e. The number of fused-ring (bicyclic) bond motifs is 1. The maximum absolute atomic E-state index is 13.1. The number of aliphatic imine (C=N–C) groups is 1. The summed E-state index contributed by atoms with van der Waals surface area (Å²) in [6.07, 6.45) is 0. The molecule has 0 saturated carbocycles. The van der Waals surface area contributed by atoms with Gasteiger partial charge in [-0.05, 0) is 17.7 Å². The Labute approximate surface area is 145 Å². The first-order valence-electron chi connectivity index (χ1n) is 8.12. The van der Waals surface area contributed by atoms with Crippen molar-refractivity contribution < 1.29 is 9.59 Å². The number of carbonyl (C=O) groups excluding carboxylic acids is 2. The molecule has 0 heterocycles. The van der Waals surface area contributed by atoms with Crippen LogP contribution >= 0.6 is 0 Å². The van der Waals surface area contributed by atoms with Crippen molar-refractivity contribution >= 4 is 23.0 Å². The van der Waals surface area contributed by atoms with E-state index in [0.717, 1.165) is 5.56 Å². The van der Waals surface area contributed by atoms with Crippen LogP contribution in [0.2, 0.25) is 0 Å². The average Bonchev–Trinajstić information content (AvgIpc) is 2.68. The van der Waals surface area contributed by atoms with Gasteiger partial charge in [0.2, 0.25) is 5.78 Å². The standard InChI is InChI=1S/C22H15NO2/c24-21-17-13-7-8-14-18(17)22(25)20(23-16-11-5-2-6-12-16)19(21)15-9-3-1-4-10-15/h1-14,19H. The van der Waals surface area contributed by atoms with Crippen molar-refractivity contribution in [2.45, 2.75) is 5.92 Å². The van der Waals surface area contributed by atoms with Gasteiger partial charge >= 0.3 is 0 Å². The van der Waals surface area contributed by atoms with Crippen LogP contribution in [0.15, 0.2) is 89.9 Å². The van der Waals surface area contributed by atoms with Gasteiger partial charge in [-0.15, -0.1) is 0 Å². The van der Waals surface area contributed by atoms with Crippen molar-refractivity contribution in [1.82, 2.24) is 0 Å². The summed E-state index contributed by atoms with van der Waals surface area (Å²) in [5.41, 5.74) is 2.62. The van der Waals surface area contributed by atoms with E-state index in [9.17, 15) is 9.59 Å². The number of benzene rings is 3. The Morgan fingerprint density at radius 3 is 1.88 bits per heavy atom. The first-order chi connectivity index (χ1) is 12.3. The summed E-state index contributed by atoms with van der Waals surface area (Å²) in [4.78, 5) is 30.8. The van der Waals surface area contributed by atoms with Gasteiger partial charge in [0, 0.05) is 11.1 Å². The summed E-state index contributed by atoms with van der Waals surface area (Å²) in [5, 5.41) is 0. The van der Waals surface area contributed by atoms with Gasteiger partial charge in [-0.1, -0.05) is 72.8 Å². The van der Waals surface area contributed by atoms with Gasteiger partial charge < -0.3 is 0 Å². The molecule has 0 bridgehead atoms. The van der Waals surface area contributed by atoms with Crippen LogP contribution in [0, 0.1) is 0 Å². The number of Topliss-reactive ketones (excluding diaryl/α,β-unsaturated/α-hetero) is 2. The number of nitrogens with zero attached hydrogens (tertiary/aromatic N) is 1. The molecule has 3 heteroatoms. The predicted octanol–water partition coefficient (Wildman–Crippen LogP) is 4.62. The highest BCUT2D eigenvalue weighted by Crippen LogP contribution is 2.32. The Bertz CT molecular complexity index is 975. The van der Waals surface area contributed by atoms with Crippen molar-refractivity contribution in [3.8, 4) is 0 Å². The lowest BCUT2D eigenvalue weighted by molar-refractivity contribution is 0.0948. The summed E-state index contributed by atoms with van der Waals surface area (Å²) >= 11 is 0. The van der Waals surface area contributed by atoms with Crippen LogP contribution in [-0.4, -0.2) is 17.3 Å². The lowest BCUT2D eigenvalue weighted by Crippen LogP contribution is -2.35. The van der Waals surface area contributed by atoms with E-state index in [1.165, 1.54) is 0 Å². The second-order valence-corrected chi connectivity index (χ2v) is 5.92. The fourth-order valence-corrected chi connectivity index (χ4v) is 3.16. The van der Waals surface area contributed by atoms with Gasteiger partial charge in [0.15, 0.2) is 5.78 Å². The van der Waals surface area contributed by atoms with E-state index in [-0.39, 0.29) is 17.3 Å². The second-order valence-electron chi connectivity index (χ2n) is 5.92. The molecule has 0 amide bonds. The highest BCUT2D eigenvalue weighted by atomic mass is 16.1. The molecule has 3 aromatic carbocycles. The predicted molar refractivity (Wildman–Crippen MR) is 97.8 cm³/mol. The van der Waals surface area contributed by atoms with Gasteiger partial charge in [-0.25, -0.2) is 4.99 Å². The molecule has 1 aliphatic rings.